The van der Waals surface area contributed by atoms with E-state index in [1.165, 1.54) is 0 Å². The van der Waals surface area contributed by atoms with Gasteiger partial charge in [-0.3, -0.25) is 9.36 Å². The molecule has 2 heterocycles. The number of nitrogens with one attached hydrogen (secondary N) is 1. The van der Waals surface area contributed by atoms with Crippen molar-refractivity contribution >= 4 is 22.5 Å². The van der Waals surface area contributed by atoms with E-state index in [1.807, 2.05) is 25.1 Å². The fraction of sp³-hybridized carbons (Fsp3) is 0.429. The fourth-order valence-corrected chi connectivity index (χ4v) is 3.01. The van der Waals surface area contributed by atoms with Gasteiger partial charge >= 0.3 is 0 Å². The number of aromatic nitrogens is 2. The van der Waals surface area contributed by atoms with E-state index >= 15 is 0 Å². The molecule has 4 nitrogen and oxygen atoms in total. The molecule has 0 radical (unpaired) electrons. The molecule has 1 unspecified atom stereocenters. The molecule has 0 bridgehead atoms. The molecular weight excluding hydrogens is 262 g/mol. The topological polar surface area (TPSA) is 46.9 Å². The highest BCUT2D eigenvalue weighted by Gasteiger charge is 2.20. The molecule has 5 heteroatoms. The Morgan fingerprint density at radius 3 is 3.05 bits per heavy atom. The summed E-state index contributed by atoms with van der Waals surface area (Å²) in [5.41, 5.74) is 1.65. The lowest BCUT2D eigenvalue weighted by Gasteiger charge is -2.25. The minimum Gasteiger partial charge on any atom is -0.315 e. The van der Waals surface area contributed by atoms with Crippen LogP contribution < -0.4 is 10.9 Å². The van der Waals surface area contributed by atoms with Gasteiger partial charge in [-0.25, -0.2) is 4.98 Å². The fourth-order valence-electron chi connectivity index (χ4n) is 2.71. The standard InChI is InChI=1S/C14H16ClN3O/c1-9-4-2-6-11-12(9)17-14(15)18(13(11)19)10-5-3-7-16-8-10/h2,4,6,10,16H,3,5,7-8H2,1H3. The van der Waals surface area contributed by atoms with Crippen molar-refractivity contribution in [1.82, 2.24) is 14.9 Å². The number of hydrogen-bond acceptors (Lipinski definition) is 3. The Morgan fingerprint density at radius 2 is 2.32 bits per heavy atom. The Bertz CT molecular complexity index is 674. The van der Waals surface area contributed by atoms with Gasteiger partial charge in [0.2, 0.25) is 5.28 Å². The average Bonchev–Trinajstić information content (AvgIpc) is 2.41. The van der Waals surface area contributed by atoms with Gasteiger partial charge in [0, 0.05) is 6.54 Å². The van der Waals surface area contributed by atoms with Crippen molar-refractivity contribution in [2.75, 3.05) is 13.1 Å². The Morgan fingerprint density at radius 1 is 1.47 bits per heavy atom. The molecule has 3 rings (SSSR count). The van der Waals surface area contributed by atoms with Gasteiger partial charge in [-0.05, 0) is 49.5 Å². The van der Waals surface area contributed by atoms with E-state index in [-0.39, 0.29) is 11.6 Å². The quantitative estimate of drug-likeness (QED) is 0.814. The van der Waals surface area contributed by atoms with Crippen LogP contribution in [0.3, 0.4) is 0 Å². The Balaban J connectivity index is 2.22. The largest absolute Gasteiger partial charge is 0.315 e. The maximum absolute atomic E-state index is 12.6. The minimum absolute atomic E-state index is 0.0348. The molecule has 1 aliphatic rings. The summed E-state index contributed by atoms with van der Waals surface area (Å²) in [6, 6.07) is 5.75. The lowest BCUT2D eigenvalue weighted by atomic mass is 10.1. The molecule has 1 aliphatic heterocycles. The third-order valence-corrected chi connectivity index (χ3v) is 3.99. The number of aryl methyl sites for hydroxylation is 1. The summed E-state index contributed by atoms with van der Waals surface area (Å²) >= 11 is 6.24. The van der Waals surface area contributed by atoms with Gasteiger partial charge in [-0.1, -0.05) is 12.1 Å². The third kappa shape index (κ3) is 2.15. The zero-order valence-corrected chi connectivity index (χ0v) is 11.6. The number of hydrogen-bond donors (Lipinski definition) is 1. The second kappa shape index (κ2) is 4.94. The van der Waals surface area contributed by atoms with Crippen LogP contribution >= 0.6 is 11.6 Å². The first-order valence-electron chi connectivity index (χ1n) is 6.56. The smallest absolute Gasteiger partial charge is 0.262 e. The summed E-state index contributed by atoms with van der Waals surface area (Å²) in [5, 5.41) is 4.24. The van der Waals surface area contributed by atoms with Crippen LogP contribution in [0.15, 0.2) is 23.0 Å². The molecule has 1 saturated heterocycles. The first-order valence-corrected chi connectivity index (χ1v) is 6.94. The minimum atomic E-state index is -0.0348. The van der Waals surface area contributed by atoms with Gasteiger partial charge in [-0.2, -0.15) is 0 Å². The molecule has 1 atom stereocenters. The van der Waals surface area contributed by atoms with Crippen LogP contribution in [0.25, 0.3) is 10.9 Å². The van der Waals surface area contributed by atoms with Crippen LogP contribution in [0.5, 0.6) is 0 Å². The predicted molar refractivity (Wildman–Crippen MR) is 76.9 cm³/mol. The number of nitrogens with zero attached hydrogens (tertiary/aromatic N) is 2. The van der Waals surface area contributed by atoms with Gasteiger partial charge in [0.05, 0.1) is 16.9 Å². The second-order valence-corrected chi connectivity index (χ2v) is 5.37. The Kier molecular flexibility index (Phi) is 3.29. The molecule has 1 fully saturated rings. The first kappa shape index (κ1) is 12.6. The van der Waals surface area contributed by atoms with Crippen LogP contribution in [-0.2, 0) is 0 Å². The van der Waals surface area contributed by atoms with Crippen molar-refractivity contribution in [1.29, 1.82) is 0 Å². The SMILES string of the molecule is Cc1cccc2c(=O)n(C3CCCNC3)c(Cl)nc12. The van der Waals surface area contributed by atoms with Crippen LogP contribution in [0.1, 0.15) is 24.4 Å². The van der Waals surface area contributed by atoms with Gasteiger partial charge in [0.25, 0.3) is 5.56 Å². The average molecular weight is 278 g/mol. The number of piperidine rings is 1. The molecular formula is C14H16ClN3O. The number of halogens is 1. The lowest BCUT2D eigenvalue weighted by molar-refractivity contribution is 0.363. The van der Waals surface area contributed by atoms with Gasteiger partial charge in [-0.15, -0.1) is 0 Å². The Hall–Kier alpha value is -1.39. The molecule has 0 amide bonds. The first-order chi connectivity index (χ1) is 9.18. The van der Waals surface area contributed by atoms with E-state index < -0.39 is 0 Å². The van der Waals surface area contributed by atoms with Gasteiger partial charge in [0.15, 0.2) is 0 Å². The maximum atomic E-state index is 12.6. The monoisotopic (exact) mass is 277 g/mol. The molecule has 0 saturated carbocycles. The van der Waals surface area contributed by atoms with E-state index in [2.05, 4.69) is 10.3 Å². The van der Waals surface area contributed by atoms with Crippen LogP contribution in [0.2, 0.25) is 5.28 Å². The number of fused-ring (bicyclic) bond motifs is 1. The van der Waals surface area contributed by atoms with Crippen molar-refractivity contribution in [3.05, 3.63) is 39.4 Å². The van der Waals surface area contributed by atoms with E-state index in [1.54, 1.807) is 4.57 Å². The van der Waals surface area contributed by atoms with Gasteiger partial charge < -0.3 is 5.32 Å². The van der Waals surface area contributed by atoms with Crippen molar-refractivity contribution in [3.63, 3.8) is 0 Å². The van der Waals surface area contributed by atoms with Crippen LogP contribution in [0.4, 0.5) is 0 Å². The van der Waals surface area contributed by atoms with Crippen molar-refractivity contribution in [2.45, 2.75) is 25.8 Å². The molecule has 100 valence electrons. The molecule has 0 aliphatic carbocycles. The van der Waals surface area contributed by atoms with Crippen molar-refractivity contribution in [2.24, 2.45) is 0 Å². The van der Waals surface area contributed by atoms with E-state index in [4.69, 9.17) is 11.6 Å². The maximum Gasteiger partial charge on any atom is 0.262 e. The molecule has 1 aromatic heterocycles. The highest BCUT2D eigenvalue weighted by atomic mass is 35.5. The number of rotatable bonds is 1. The predicted octanol–water partition coefficient (Wildman–Crippen LogP) is 2.28. The summed E-state index contributed by atoms with van der Waals surface area (Å²) < 4.78 is 1.63. The molecule has 19 heavy (non-hydrogen) atoms. The van der Waals surface area contributed by atoms with Crippen molar-refractivity contribution in [3.8, 4) is 0 Å². The van der Waals surface area contributed by atoms with Crippen LogP contribution in [-0.4, -0.2) is 22.6 Å². The summed E-state index contributed by atoms with van der Waals surface area (Å²) in [5.74, 6) is 0. The van der Waals surface area contributed by atoms with Crippen molar-refractivity contribution < 1.29 is 0 Å². The summed E-state index contributed by atoms with van der Waals surface area (Å²) in [4.78, 5) is 17.0. The molecule has 1 aromatic carbocycles. The molecule has 0 spiro atoms. The summed E-state index contributed by atoms with van der Waals surface area (Å²) in [6.07, 6.45) is 2.02. The summed E-state index contributed by atoms with van der Waals surface area (Å²) in [6.45, 7) is 3.72. The highest BCUT2D eigenvalue weighted by Crippen LogP contribution is 2.21. The Labute approximate surface area is 116 Å². The van der Waals surface area contributed by atoms with Crippen LogP contribution in [0, 0.1) is 6.92 Å². The van der Waals surface area contributed by atoms with Gasteiger partial charge in [0.1, 0.15) is 0 Å². The summed E-state index contributed by atoms with van der Waals surface area (Å²) in [7, 11) is 0. The normalized spacial score (nSPS) is 19.8. The van der Waals surface area contributed by atoms with E-state index in [0.29, 0.717) is 16.2 Å². The third-order valence-electron chi connectivity index (χ3n) is 3.73. The zero-order valence-electron chi connectivity index (χ0n) is 10.8. The zero-order chi connectivity index (χ0) is 13.4. The second-order valence-electron chi connectivity index (χ2n) is 5.03. The molecule has 2 aromatic rings. The lowest BCUT2D eigenvalue weighted by Crippen LogP contribution is -2.37. The number of benzene rings is 1. The highest BCUT2D eigenvalue weighted by molar-refractivity contribution is 6.28. The number of para-hydroxylation sites is 1. The van der Waals surface area contributed by atoms with E-state index in [9.17, 15) is 4.79 Å². The molecule has 1 N–H and O–H groups in total. The van der Waals surface area contributed by atoms with E-state index in [0.717, 1.165) is 31.5 Å².